The average Bonchev–Trinajstić information content (AvgIpc) is 2.67. The third kappa shape index (κ3) is 5.41. The van der Waals surface area contributed by atoms with Crippen molar-refractivity contribution in [2.24, 2.45) is 0 Å². The van der Waals surface area contributed by atoms with E-state index in [4.69, 9.17) is 0 Å². The molecule has 0 saturated heterocycles. The lowest BCUT2D eigenvalue weighted by atomic mass is 9.92. The van der Waals surface area contributed by atoms with Gasteiger partial charge < -0.3 is 10.6 Å². The number of unbranched alkanes of at least 4 members (excludes halogenated alkanes) is 1. The van der Waals surface area contributed by atoms with E-state index in [0.717, 1.165) is 29.7 Å². The SMILES string of the molecule is CCCCNC(=O)c1cncc(C(=O)Nc2c(C(C)C)cccc2C(C)C)c1. The lowest BCUT2D eigenvalue weighted by Crippen LogP contribution is -2.25. The zero-order valence-corrected chi connectivity index (χ0v) is 17.5. The number of nitrogens with one attached hydrogen (secondary N) is 2. The molecule has 5 heteroatoms. The van der Waals surface area contributed by atoms with Gasteiger partial charge in [0.25, 0.3) is 11.8 Å². The molecule has 0 saturated carbocycles. The fourth-order valence-electron chi connectivity index (χ4n) is 3.05. The summed E-state index contributed by atoms with van der Waals surface area (Å²) in [7, 11) is 0. The Morgan fingerprint density at radius 1 is 0.964 bits per heavy atom. The maximum absolute atomic E-state index is 12.9. The molecule has 2 amide bonds. The van der Waals surface area contributed by atoms with Gasteiger partial charge in [0.1, 0.15) is 0 Å². The predicted molar refractivity (Wildman–Crippen MR) is 114 cm³/mol. The number of pyridine rings is 1. The molecule has 0 atom stereocenters. The van der Waals surface area contributed by atoms with Crippen LogP contribution in [0.25, 0.3) is 0 Å². The lowest BCUT2D eigenvalue weighted by Gasteiger charge is -2.20. The second-order valence-electron chi connectivity index (χ2n) is 7.65. The molecule has 2 aromatic rings. The molecule has 150 valence electrons. The highest BCUT2D eigenvalue weighted by Gasteiger charge is 2.18. The molecule has 0 bridgehead atoms. The molecule has 1 aromatic heterocycles. The van der Waals surface area contributed by atoms with Crippen LogP contribution in [0, 0.1) is 0 Å². The number of hydrogen-bond donors (Lipinski definition) is 2. The largest absolute Gasteiger partial charge is 0.352 e. The molecule has 0 aliphatic heterocycles. The third-order valence-corrected chi connectivity index (χ3v) is 4.69. The monoisotopic (exact) mass is 381 g/mol. The van der Waals surface area contributed by atoms with Gasteiger partial charge in [-0.15, -0.1) is 0 Å². The number of benzene rings is 1. The standard InChI is InChI=1S/C23H31N3O2/c1-6-7-11-25-22(27)17-12-18(14-24-13-17)23(28)26-21-19(15(2)3)9-8-10-20(21)16(4)5/h8-10,12-16H,6-7,11H2,1-5H3,(H,25,27)(H,26,28). The molecule has 2 rings (SSSR count). The van der Waals surface area contributed by atoms with E-state index in [0.29, 0.717) is 17.7 Å². The zero-order chi connectivity index (χ0) is 20.7. The number of hydrogen-bond acceptors (Lipinski definition) is 3. The number of anilines is 1. The van der Waals surface area contributed by atoms with Crippen LogP contribution in [0.5, 0.6) is 0 Å². The fourth-order valence-corrected chi connectivity index (χ4v) is 3.05. The summed E-state index contributed by atoms with van der Waals surface area (Å²) in [6, 6.07) is 7.71. The van der Waals surface area contributed by atoms with Crippen molar-refractivity contribution in [2.75, 3.05) is 11.9 Å². The first-order chi connectivity index (χ1) is 13.3. The van der Waals surface area contributed by atoms with Crippen molar-refractivity contribution in [3.8, 4) is 0 Å². The molecule has 1 aromatic carbocycles. The Kier molecular flexibility index (Phi) is 7.73. The lowest BCUT2D eigenvalue weighted by molar-refractivity contribution is 0.0953. The van der Waals surface area contributed by atoms with Crippen LogP contribution in [-0.4, -0.2) is 23.3 Å². The van der Waals surface area contributed by atoms with Crippen molar-refractivity contribution < 1.29 is 9.59 Å². The summed E-state index contributed by atoms with van der Waals surface area (Å²) < 4.78 is 0. The summed E-state index contributed by atoms with van der Waals surface area (Å²) in [5, 5.41) is 5.92. The molecule has 0 aliphatic rings. The Morgan fingerprint density at radius 3 is 2.07 bits per heavy atom. The fraction of sp³-hybridized carbons (Fsp3) is 0.435. The van der Waals surface area contributed by atoms with Gasteiger partial charge in [0.2, 0.25) is 0 Å². The van der Waals surface area contributed by atoms with Gasteiger partial charge in [0.15, 0.2) is 0 Å². The van der Waals surface area contributed by atoms with Crippen molar-refractivity contribution in [3.05, 3.63) is 58.9 Å². The molecule has 0 radical (unpaired) electrons. The van der Waals surface area contributed by atoms with Crippen molar-refractivity contribution >= 4 is 17.5 Å². The topological polar surface area (TPSA) is 71.1 Å². The first-order valence-electron chi connectivity index (χ1n) is 10.0. The summed E-state index contributed by atoms with van der Waals surface area (Å²) in [5.74, 6) is 0.0948. The summed E-state index contributed by atoms with van der Waals surface area (Å²) >= 11 is 0. The van der Waals surface area contributed by atoms with Crippen molar-refractivity contribution in [1.29, 1.82) is 0 Å². The van der Waals surface area contributed by atoms with E-state index in [9.17, 15) is 9.59 Å². The van der Waals surface area contributed by atoms with Crippen LogP contribution >= 0.6 is 0 Å². The highest BCUT2D eigenvalue weighted by atomic mass is 16.2. The molecule has 2 N–H and O–H groups in total. The van der Waals surface area contributed by atoms with E-state index in [-0.39, 0.29) is 23.7 Å². The van der Waals surface area contributed by atoms with Gasteiger partial charge in [-0.2, -0.15) is 0 Å². The Morgan fingerprint density at radius 2 is 1.54 bits per heavy atom. The van der Waals surface area contributed by atoms with Crippen molar-refractivity contribution in [2.45, 2.75) is 59.3 Å². The predicted octanol–water partition coefficient (Wildman–Crippen LogP) is 5.11. The Balaban J connectivity index is 2.27. The second kappa shape index (κ2) is 10.0. The normalized spacial score (nSPS) is 11.0. The van der Waals surface area contributed by atoms with Crippen LogP contribution in [0.3, 0.4) is 0 Å². The third-order valence-electron chi connectivity index (χ3n) is 4.69. The summed E-state index contributed by atoms with van der Waals surface area (Å²) in [6.45, 7) is 11.1. The van der Waals surface area contributed by atoms with Crippen molar-refractivity contribution in [3.63, 3.8) is 0 Å². The number of amides is 2. The average molecular weight is 382 g/mol. The Hall–Kier alpha value is -2.69. The summed E-state index contributed by atoms with van der Waals surface area (Å²) in [6.07, 6.45) is 4.91. The number of rotatable bonds is 8. The number of carbonyl (C=O) groups excluding carboxylic acids is 2. The molecule has 0 aliphatic carbocycles. The van der Waals surface area contributed by atoms with E-state index in [2.05, 4.69) is 50.2 Å². The van der Waals surface area contributed by atoms with Gasteiger partial charge in [0, 0.05) is 24.6 Å². The van der Waals surface area contributed by atoms with Crippen LogP contribution in [0.2, 0.25) is 0 Å². The summed E-state index contributed by atoms with van der Waals surface area (Å²) in [4.78, 5) is 29.3. The first kappa shape index (κ1) is 21.6. The quantitative estimate of drug-likeness (QED) is 0.624. The van der Waals surface area contributed by atoms with Gasteiger partial charge in [-0.25, -0.2) is 0 Å². The molecule has 0 fully saturated rings. The van der Waals surface area contributed by atoms with E-state index >= 15 is 0 Å². The van der Waals surface area contributed by atoms with Crippen LogP contribution in [-0.2, 0) is 0 Å². The van der Waals surface area contributed by atoms with E-state index in [1.54, 1.807) is 6.07 Å². The maximum atomic E-state index is 12.9. The van der Waals surface area contributed by atoms with Gasteiger partial charge >= 0.3 is 0 Å². The van der Waals surface area contributed by atoms with Gasteiger partial charge in [-0.3, -0.25) is 14.6 Å². The highest BCUT2D eigenvalue weighted by Crippen LogP contribution is 2.32. The number of nitrogens with zero attached hydrogens (tertiary/aromatic N) is 1. The second-order valence-corrected chi connectivity index (χ2v) is 7.65. The van der Waals surface area contributed by atoms with Crippen LogP contribution < -0.4 is 10.6 Å². The molecule has 0 spiro atoms. The molecule has 1 heterocycles. The maximum Gasteiger partial charge on any atom is 0.257 e. The summed E-state index contributed by atoms with van der Waals surface area (Å²) in [5.41, 5.74) is 3.82. The van der Waals surface area contributed by atoms with Gasteiger partial charge in [-0.05, 0) is 35.4 Å². The van der Waals surface area contributed by atoms with Crippen molar-refractivity contribution in [1.82, 2.24) is 10.3 Å². The molecular formula is C23H31N3O2. The molecular weight excluding hydrogens is 350 g/mol. The minimum Gasteiger partial charge on any atom is -0.352 e. The van der Waals surface area contributed by atoms with E-state index in [1.165, 1.54) is 12.4 Å². The smallest absolute Gasteiger partial charge is 0.257 e. The minimum absolute atomic E-state index is 0.207. The molecule has 0 unspecified atom stereocenters. The minimum atomic E-state index is -0.259. The first-order valence-corrected chi connectivity index (χ1v) is 10.0. The zero-order valence-electron chi connectivity index (χ0n) is 17.5. The Bertz CT molecular complexity index is 802. The molecule has 5 nitrogen and oxygen atoms in total. The Labute approximate surface area is 168 Å². The number of aromatic nitrogens is 1. The van der Waals surface area contributed by atoms with Crippen LogP contribution in [0.1, 0.15) is 91.1 Å². The number of para-hydroxylation sites is 1. The van der Waals surface area contributed by atoms with Gasteiger partial charge in [0.05, 0.1) is 11.1 Å². The van der Waals surface area contributed by atoms with E-state index in [1.807, 2.05) is 18.2 Å². The van der Waals surface area contributed by atoms with E-state index < -0.39 is 0 Å². The van der Waals surface area contributed by atoms with Gasteiger partial charge in [-0.1, -0.05) is 59.2 Å². The highest BCUT2D eigenvalue weighted by molar-refractivity contribution is 6.06. The molecule has 28 heavy (non-hydrogen) atoms. The van der Waals surface area contributed by atoms with Crippen LogP contribution in [0.15, 0.2) is 36.7 Å². The number of carbonyl (C=O) groups is 2. The van der Waals surface area contributed by atoms with Crippen LogP contribution in [0.4, 0.5) is 5.69 Å².